The monoisotopic (exact) mass is 457 g/mol. The zero-order valence-electron chi connectivity index (χ0n) is 16.2. The van der Waals surface area contributed by atoms with Crippen molar-refractivity contribution in [3.63, 3.8) is 0 Å². The fourth-order valence-electron chi connectivity index (χ4n) is 4.77. The summed E-state index contributed by atoms with van der Waals surface area (Å²) in [5, 5.41) is 7.72. The highest BCUT2D eigenvalue weighted by Gasteiger charge is 2.71. The minimum atomic E-state index is -4.64. The van der Waals surface area contributed by atoms with Crippen LogP contribution in [0.15, 0.2) is 28.8 Å². The van der Waals surface area contributed by atoms with E-state index in [1.807, 2.05) is 12.1 Å². The molecular weight excluding hydrogens is 439 g/mol. The number of alkyl halides is 3. The van der Waals surface area contributed by atoms with Crippen LogP contribution in [0.2, 0.25) is 5.02 Å². The molecule has 1 aromatic carbocycles. The van der Waals surface area contributed by atoms with Crippen LogP contribution < -0.4 is 5.32 Å². The van der Waals surface area contributed by atoms with E-state index in [-0.39, 0.29) is 42.4 Å². The molecule has 4 fully saturated rings. The largest absolute Gasteiger partial charge is 0.522 e. The second-order valence-electron chi connectivity index (χ2n) is 8.66. The van der Waals surface area contributed by atoms with Crippen molar-refractivity contribution >= 4 is 17.5 Å². The summed E-state index contributed by atoms with van der Waals surface area (Å²) in [5.74, 6) is 0.787. The van der Waals surface area contributed by atoms with Crippen molar-refractivity contribution in [1.29, 1.82) is 0 Å². The van der Waals surface area contributed by atoms with E-state index in [0.717, 1.165) is 24.8 Å². The van der Waals surface area contributed by atoms with Crippen LogP contribution in [-0.4, -0.2) is 46.8 Å². The summed E-state index contributed by atoms with van der Waals surface area (Å²) in [7, 11) is 0. The first-order valence-corrected chi connectivity index (χ1v) is 10.3. The molecule has 0 spiro atoms. The van der Waals surface area contributed by atoms with Gasteiger partial charge in [-0.3, -0.25) is 9.53 Å². The molecule has 31 heavy (non-hydrogen) atoms. The molecule has 0 saturated heterocycles. The third kappa shape index (κ3) is 4.04. The quantitative estimate of drug-likeness (QED) is 0.681. The van der Waals surface area contributed by atoms with Crippen molar-refractivity contribution < 1.29 is 32.0 Å². The number of benzene rings is 1. The number of halogens is 4. The lowest BCUT2D eigenvalue weighted by atomic mass is 9.39. The predicted molar refractivity (Wildman–Crippen MR) is 101 cm³/mol. The van der Waals surface area contributed by atoms with E-state index in [2.05, 4.69) is 20.2 Å². The van der Waals surface area contributed by atoms with Gasteiger partial charge in [-0.15, -0.1) is 13.2 Å². The molecule has 1 N–H and O–H groups in total. The summed E-state index contributed by atoms with van der Waals surface area (Å²) in [6, 6.07) is 7.12. The Kier molecular flexibility index (Phi) is 4.80. The number of hydrogen-bond acceptors (Lipinski definition) is 6. The number of carbonyl (C=O) groups excluding carboxylic acids is 1. The fourth-order valence-corrected chi connectivity index (χ4v) is 4.90. The maximum absolute atomic E-state index is 12.2. The first kappa shape index (κ1) is 20.7. The molecule has 166 valence electrons. The lowest BCUT2D eigenvalue weighted by Gasteiger charge is -2.69. The van der Waals surface area contributed by atoms with Crippen LogP contribution in [-0.2, 0) is 19.7 Å². The highest BCUT2D eigenvalue weighted by Crippen LogP contribution is 2.67. The molecule has 2 bridgehead atoms. The third-order valence-electron chi connectivity index (χ3n) is 6.23. The molecule has 1 heterocycles. The van der Waals surface area contributed by atoms with Gasteiger partial charge in [-0.2, -0.15) is 4.98 Å². The molecule has 4 saturated carbocycles. The molecule has 4 aliphatic carbocycles. The van der Waals surface area contributed by atoms with Crippen LogP contribution in [0.25, 0.3) is 11.5 Å². The molecule has 0 radical (unpaired) electrons. The number of rotatable bonds is 7. The summed E-state index contributed by atoms with van der Waals surface area (Å²) >= 11 is 5.90. The smallest absolute Gasteiger partial charge is 0.368 e. The van der Waals surface area contributed by atoms with Crippen LogP contribution in [0.5, 0.6) is 0 Å². The molecule has 6 rings (SSSR count). The number of hydrogen-bond donors (Lipinski definition) is 1. The molecule has 1 amide bonds. The van der Waals surface area contributed by atoms with Crippen molar-refractivity contribution in [3.05, 3.63) is 35.1 Å². The first-order valence-electron chi connectivity index (χ1n) is 9.91. The van der Waals surface area contributed by atoms with Gasteiger partial charge in [0.1, 0.15) is 6.61 Å². The van der Waals surface area contributed by atoms with E-state index in [9.17, 15) is 18.0 Å². The van der Waals surface area contributed by atoms with Gasteiger partial charge in [0.2, 0.25) is 5.91 Å². The molecule has 11 heteroatoms. The van der Waals surface area contributed by atoms with Crippen LogP contribution in [0.3, 0.4) is 0 Å². The predicted octanol–water partition coefficient (Wildman–Crippen LogP) is 3.76. The average Bonchev–Trinajstić information content (AvgIpc) is 3.08. The normalized spacial score (nSPS) is 31.4. The SMILES string of the molecule is O=C(CO[C@H]1C[C@@H](OC(F)(F)F)C1)NC12CC(c3noc(-c4ccc(Cl)cc4)n3)(C1)C2. The Hall–Kier alpha value is -2.17. The Morgan fingerprint density at radius 1 is 1.19 bits per heavy atom. The van der Waals surface area contributed by atoms with Crippen molar-refractivity contribution in [3.8, 4) is 11.5 Å². The molecule has 4 aliphatic rings. The Labute approximate surface area is 180 Å². The molecule has 2 aromatic rings. The van der Waals surface area contributed by atoms with E-state index in [1.54, 1.807) is 12.1 Å². The summed E-state index contributed by atoms with van der Waals surface area (Å²) in [6.45, 7) is -0.179. The van der Waals surface area contributed by atoms with Gasteiger partial charge >= 0.3 is 6.36 Å². The third-order valence-corrected chi connectivity index (χ3v) is 6.48. The van der Waals surface area contributed by atoms with E-state index < -0.39 is 12.5 Å². The summed E-state index contributed by atoms with van der Waals surface area (Å²) < 4.78 is 51.0. The highest BCUT2D eigenvalue weighted by atomic mass is 35.5. The number of nitrogens with one attached hydrogen (secondary N) is 1. The van der Waals surface area contributed by atoms with Crippen molar-refractivity contribution in [2.24, 2.45) is 0 Å². The average molecular weight is 458 g/mol. The van der Waals surface area contributed by atoms with Crippen molar-refractivity contribution in [2.45, 2.75) is 61.6 Å². The Balaban J connectivity index is 1.06. The van der Waals surface area contributed by atoms with Gasteiger partial charge < -0.3 is 14.6 Å². The standard InChI is InChI=1S/C20H19ClF3N3O4/c21-12-3-1-11(2-4-12)16-25-17(27-31-16)18-8-19(9-18,10-18)26-15(28)7-29-13-5-14(6-13)30-20(22,23)24/h1-4,13-14H,5-10H2,(H,26,28)/t13-,14+,18?,19?. The van der Waals surface area contributed by atoms with Gasteiger partial charge in [0, 0.05) is 34.4 Å². The molecular formula is C20H19ClF3N3O4. The molecule has 1 aromatic heterocycles. The summed E-state index contributed by atoms with van der Waals surface area (Å²) in [6.07, 6.45) is -3.49. The van der Waals surface area contributed by atoms with E-state index in [4.69, 9.17) is 20.9 Å². The molecule has 7 nitrogen and oxygen atoms in total. The number of carbonyl (C=O) groups is 1. The molecule has 0 unspecified atom stereocenters. The highest BCUT2D eigenvalue weighted by molar-refractivity contribution is 6.30. The maximum atomic E-state index is 12.2. The van der Waals surface area contributed by atoms with Crippen LogP contribution in [0, 0.1) is 0 Å². The van der Waals surface area contributed by atoms with E-state index in [0.29, 0.717) is 16.7 Å². The van der Waals surface area contributed by atoms with Gasteiger partial charge in [-0.25, -0.2) is 0 Å². The minimum Gasteiger partial charge on any atom is -0.368 e. The second kappa shape index (κ2) is 7.18. The number of amides is 1. The maximum Gasteiger partial charge on any atom is 0.522 e. The van der Waals surface area contributed by atoms with Gasteiger partial charge in [0.15, 0.2) is 5.82 Å². The Bertz CT molecular complexity index is 969. The lowest BCUT2D eigenvalue weighted by Crippen LogP contribution is -2.77. The van der Waals surface area contributed by atoms with Crippen LogP contribution in [0.1, 0.15) is 37.9 Å². The first-order chi connectivity index (χ1) is 14.6. The number of aromatic nitrogens is 2. The fraction of sp³-hybridized carbons (Fsp3) is 0.550. The van der Waals surface area contributed by atoms with Crippen LogP contribution >= 0.6 is 11.6 Å². The minimum absolute atomic E-state index is 0.134. The van der Waals surface area contributed by atoms with Gasteiger partial charge in [0.25, 0.3) is 5.89 Å². The van der Waals surface area contributed by atoms with Crippen molar-refractivity contribution in [1.82, 2.24) is 15.5 Å². The topological polar surface area (TPSA) is 86.5 Å². The second-order valence-corrected chi connectivity index (χ2v) is 9.10. The molecule has 0 aliphatic heterocycles. The van der Waals surface area contributed by atoms with Crippen molar-refractivity contribution in [2.75, 3.05) is 6.61 Å². The number of nitrogens with zero attached hydrogens (tertiary/aromatic N) is 2. The van der Waals surface area contributed by atoms with Gasteiger partial charge in [-0.1, -0.05) is 16.8 Å². The van der Waals surface area contributed by atoms with E-state index in [1.165, 1.54) is 0 Å². The lowest BCUT2D eigenvalue weighted by molar-refractivity contribution is -0.357. The zero-order chi connectivity index (χ0) is 21.9. The number of ether oxygens (including phenoxy) is 2. The summed E-state index contributed by atoms with van der Waals surface area (Å²) in [5.41, 5.74) is 0.315. The summed E-state index contributed by atoms with van der Waals surface area (Å²) in [4.78, 5) is 16.7. The Morgan fingerprint density at radius 3 is 2.52 bits per heavy atom. The van der Waals surface area contributed by atoms with Crippen LogP contribution in [0.4, 0.5) is 13.2 Å². The Morgan fingerprint density at radius 2 is 1.87 bits per heavy atom. The van der Waals surface area contributed by atoms with Gasteiger partial charge in [0.05, 0.1) is 12.2 Å². The van der Waals surface area contributed by atoms with Gasteiger partial charge in [-0.05, 0) is 43.5 Å². The molecule has 0 atom stereocenters. The zero-order valence-corrected chi connectivity index (χ0v) is 17.0. The van der Waals surface area contributed by atoms with E-state index >= 15 is 0 Å².